The van der Waals surface area contributed by atoms with Crippen LogP contribution in [0.3, 0.4) is 0 Å². The smallest absolute Gasteiger partial charge is 0.0361 e. The summed E-state index contributed by atoms with van der Waals surface area (Å²) in [5.41, 5.74) is 5.11. The Morgan fingerprint density at radius 2 is 1.70 bits per heavy atom. The van der Waals surface area contributed by atoms with Crippen molar-refractivity contribution in [2.75, 3.05) is 6.54 Å². The molecule has 0 spiro atoms. The van der Waals surface area contributed by atoms with Gasteiger partial charge in [-0.2, -0.15) is 0 Å². The Hall–Kier alpha value is -2.15. The van der Waals surface area contributed by atoms with Gasteiger partial charge in [-0.25, -0.2) is 0 Å². The molecule has 1 nitrogen and oxygen atoms in total. The van der Waals surface area contributed by atoms with Crippen LogP contribution in [0.4, 0.5) is 0 Å². The third kappa shape index (κ3) is 3.92. The van der Waals surface area contributed by atoms with Crippen LogP contribution in [0.15, 0.2) is 65.7 Å². The van der Waals surface area contributed by atoms with Crippen molar-refractivity contribution in [1.82, 2.24) is 0 Å². The summed E-state index contributed by atoms with van der Waals surface area (Å²) < 4.78 is 0. The second kappa shape index (κ2) is 7.44. The van der Waals surface area contributed by atoms with E-state index in [0.717, 1.165) is 13.0 Å². The molecule has 20 heavy (non-hydrogen) atoms. The topological polar surface area (TPSA) is 12.4 Å². The van der Waals surface area contributed by atoms with Gasteiger partial charge in [0.25, 0.3) is 0 Å². The number of allylic oxidation sites excluding steroid dienone is 2. The van der Waals surface area contributed by atoms with E-state index in [1.54, 1.807) is 0 Å². The Morgan fingerprint density at radius 1 is 1.00 bits per heavy atom. The minimum Gasteiger partial charge on any atom is -0.293 e. The van der Waals surface area contributed by atoms with E-state index in [-0.39, 0.29) is 0 Å². The standard InChI is InChI=1S/C19H21N/c1-3-20-15-19(18-11-5-4-6-12-18)14-13-17-10-8-7-9-16(17)2/h4-12,14-15H,3,13H2,1-2H3/b19-14+,20-15?. The van der Waals surface area contributed by atoms with Gasteiger partial charge in [-0.05, 0) is 42.5 Å². The van der Waals surface area contributed by atoms with E-state index in [0.29, 0.717) is 0 Å². The average Bonchev–Trinajstić information content (AvgIpc) is 2.50. The fourth-order valence-electron chi connectivity index (χ4n) is 2.12. The van der Waals surface area contributed by atoms with Crippen molar-refractivity contribution in [2.24, 2.45) is 4.99 Å². The van der Waals surface area contributed by atoms with Gasteiger partial charge in [-0.3, -0.25) is 4.99 Å². The Morgan fingerprint density at radius 3 is 2.40 bits per heavy atom. The first-order valence-electron chi connectivity index (χ1n) is 7.11. The SMILES string of the molecule is CCN=C/C(=C\Cc1ccccc1C)c1ccccc1. The summed E-state index contributed by atoms with van der Waals surface area (Å²) >= 11 is 0. The largest absolute Gasteiger partial charge is 0.293 e. The summed E-state index contributed by atoms with van der Waals surface area (Å²) in [5, 5.41) is 0. The molecule has 0 saturated heterocycles. The molecule has 0 aromatic heterocycles. The number of aliphatic imine (C=N–C) groups is 1. The van der Waals surface area contributed by atoms with Gasteiger partial charge >= 0.3 is 0 Å². The maximum absolute atomic E-state index is 4.39. The van der Waals surface area contributed by atoms with Crippen LogP contribution in [0.1, 0.15) is 23.6 Å². The summed E-state index contributed by atoms with van der Waals surface area (Å²) in [4.78, 5) is 4.39. The average molecular weight is 263 g/mol. The van der Waals surface area contributed by atoms with Gasteiger partial charge in [0.15, 0.2) is 0 Å². The van der Waals surface area contributed by atoms with Crippen LogP contribution in [0, 0.1) is 6.92 Å². The molecule has 102 valence electrons. The van der Waals surface area contributed by atoms with Crippen LogP contribution in [0.2, 0.25) is 0 Å². The minimum absolute atomic E-state index is 0.814. The van der Waals surface area contributed by atoms with Gasteiger partial charge in [-0.1, -0.05) is 60.7 Å². The molecular formula is C19H21N. The minimum atomic E-state index is 0.814. The van der Waals surface area contributed by atoms with Crippen LogP contribution in [0.5, 0.6) is 0 Å². The molecule has 0 fully saturated rings. The molecular weight excluding hydrogens is 242 g/mol. The van der Waals surface area contributed by atoms with Crippen LogP contribution in [0.25, 0.3) is 5.57 Å². The van der Waals surface area contributed by atoms with Crippen molar-refractivity contribution in [3.05, 3.63) is 77.4 Å². The maximum atomic E-state index is 4.39. The van der Waals surface area contributed by atoms with Gasteiger partial charge in [0.2, 0.25) is 0 Å². The third-order valence-electron chi connectivity index (χ3n) is 3.32. The van der Waals surface area contributed by atoms with Crippen molar-refractivity contribution >= 4 is 11.8 Å². The van der Waals surface area contributed by atoms with Gasteiger partial charge in [0, 0.05) is 12.8 Å². The fraction of sp³-hybridized carbons (Fsp3) is 0.211. The van der Waals surface area contributed by atoms with Gasteiger partial charge < -0.3 is 0 Å². The summed E-state index contributed by atoms with van der Waals surface area (Å²) in [6, 6.07) is 19.0. The number of nitrogens with zero attached hydrogens (tertiary/aromatic N) is 1. The molecule has 0 radical (unpaired) electrons. The second-order valence-corrected chi connectivity index (χ2v) is 4.78. The summed E-state index contributed by atoms with van der Waals surface area (Å²) in [5.74, 6) is 0. The lowest BCUT2D eigenvalue weighted by Gasteiger charge is -2.05. The molecule has 2 aromatic carbocycles. The molecule has 0 bridgehead atoms. The van der Waals surface area contributed by atoms with Crippen LogP contribution < -0.4 is 0 Å². The van der Waals surface area contributed by atoms with Crippen molar-refractivity contribution in [3.8, 4) is 0 Å². The van der Waals surface area contributed by atoms with E-state index in [9.17, 15) is 0 Å². The Bertz CT molecular complexity index is 594. The molecule has 0 aliphatic carbocycles. The van der Waals surface area contributed by atoms with Crippen LogP contribution in [-0.2, 0) is 6.42 Å². The van der Waals surface area contributed by atoms with Gasteiger partial charge in [0.05, 0.1) is 0 Å². The Kier molecular flexibility index (Phi) is 5.31. The van der Waals surface area contributed by atoms with E-state index in [4.69, 9.17) is 0 Å². The Labute approximate surface area is 121 Å². The van der Waals surface area contributed by atoms with E-state index < -0.39 is 0 Å². The van der Waals surface area contributed by atoms with Crippen LogP contribution >= 0.6 is 0 Å². The molecule has 0 aliphatic rings. The molecule has 2 rings (SSSR count). The zero-order valence-corrected chi connectivity index (χ0v) is 12.2. The third-order valence-corrected chi connectivity index (χ3v) is 3.32. The molecule has 0 aliphatic heterocycles. The lowest BCUT2D eigenvalue weighted by Crippen LogP contribution is -1.91. The molecule has 0 amide bonds. The highest BCUT2D eigenvalue weighted by Crippen LogP contribution is 2.15. The second-order valence-electron chi connectivity index (χ2n) is 4.78. The maximum Gasteiger partial charge on any atom is 0.0361 e. The zero-order chi connectivity index (χ0) is 14.2. The van der Waals surface area contributed by atoms with Gasteiger partial charge in [0.1, 0.15) is 0 Å². The predicted octanol–water partition coefficient (Wildman–Crippen LogP) is 4.71. The van der Waals surface area contributed by atoms with Crippen molar-refractivity contribution < 1.29 is 0 Å². The molecule has 0 saturated carbocycles. The van der Waals surface area contributed by atoms with Crippen molar-refractivity contribution in [2.45, 2.75) is 20.3 Å². The molecule has 2 aromatic rings. The molecule has 1 heteroatoms. The summed E-state index contributed by atoms with van der Waals surface area (Å²) in [7, 11) is 0. The lowest BCUT2D eigenvalue weighted by molar-refractivity contribution is 1.14. The highest BCUT2D eigenvalue weighted by atomic mass is 14.7. The van der Waals surface area contributed by atoms with E-state index in [2.05, 4.69) is 73.4 Å². The molecule has 0 heterocycles. The number of hydrogen-bond acceptors (Lipinski definition) is 1. The highest BCUT2D eigenvalue weighted by Gasteiger charge is 1.99. The Balaban J connectivity index is 2.25. The molecule has 0 unspecified atom stereocenters. The molecule has 0 atom stereocenters. The van der Waals surface area contributed by atoms with E-state index >= 15 is 0 Å². The summed E-state index contributed by atoms with van der Waals surface area (Å²) in [6.07, 6.45) is 5.18. The first kappa shape index (κ1) is 14.3. The van der Waals surface area contributed by atoms with Crippen molar-refractivity contribution in [1.29, 1.82) is 0 Å². The zero-order valence-electron chi connectivity index (χ0n) is 12.2. The lowest BCUT2D eigenvalue weighted by atomic mass is 10.0. The molecule has 0 N–H and O–H groups in total. The first-order chi connectivity index (χ1) is 9.81. The van der Waals surface area contributed by atoms with E-state index in [1.165, 1.54) is 22.3 Å². The van der Waals surface area contributed by atoms with Crippen LogP contribution in [-0.4, -0.2) is 12.8 Å². The predicted molar refractivity (Wildman–Crippen MR) is 88.3 cm³/mol. The van der Waals surface area contributed by atoms with Crippen molar-refractivity contribution in [3.63, 3.8) is 0 Å². The monoisotopic (exact) mass is 263 g/mol. The number of benzene rings is 2. The van der Waals surface area contributed by atoms with E-state index in [1.807, 2.05) is 12.3 Å². The normalized spacial score (nSPS) is 12.0. The number of rotatable bonds is 5. The summed E-state index contributed by atoms with van der Waals surface area (Å²) in [6.45, 7) is 5.03. The highest BCUT2D eigenvalue weighted by molar-refractivity contribution is 6.09. The van der Waals surface area contributed by atoms with Gasteiger partial charge in [-0.15, -0.1) is 0 Å². The fourth-order valence-corrected chi connectivity index (χ4v) is 2.12. The number of aryl methyl sites for hydroxylation is 1. The number of hydrogen-bond donors (Lipinski definition) is 0. The first-order valence-corrected chi connectivity index (χ1v) is 7.11. The quantitative estimate of drug-likeness (QED) is 0.693.